The minimum absolute atomic E-state index is 0.0412. The summed E-state index contributed by atoms with van der Waals surface area (Å²) in [5.74, 6) is 1.69. The number of hydrogen-bond donors (Lipinski definition) is 7. The molecule has 0 aliphatic carbocycles. The molecule has 61 heavy (non-hydrogen) atoms. The number of phenolic OH excluding ortho intramolecular Hbond substituents is 2. The third-order valence-corrected chi connectivity index (χ3v) is 11.9. The molecule has 8 rings (SSSR count). The topological polar surface area (TPSA) is 173 Å². The molecule has 0 spiro atoms. The van der Waals surface area contributed by atoms with Gasteiger partial charge in [-0.15, -0.1) is 0 Å². The standard InChI is InChI=1S/C48H57N11O2/c1-33-27-51-30-46(59(33)32-36-7-3-9-39(24-36)44-16-19-53-47(56-44)52-18-15-34-5-4-10-42(61)25-34)43(37-11-13-41(60)14-12-37)29-55-48-54-20-17-45(57-48)38-8-2-6-35(23-38)31-58-22-21-50-28-40(58)26-49/h2-14,16-17,19-20,23-25,33,40,43,46,50-51,60-61H,15,18,21-22,26-32,49H2,1H3,(H,52,53,56)(H,54,55,57)/t33-,40?,43?,46?/m0/s1. The van der Waals surface area contributed by atoms with Crippen LogP contribution in [0.1, 0.15) is 35.1 Å². The molecule has 316 valence electrons. The Bertz CT molecular complexity index is 2340. The molecular formula is C48H57N11O2. The summed E-state index contributed by atoms with van der Waals surface area (Å²) in [5.41, 5.74) is 14.5. The van der Waals surface area contributed by atoms with Crippen molar-refractivity contribution in [3.05, 3.63) is 144 Å². The Labute approximate surface area is 358 Å². The molecule has 4 aromatic carbocycles. The van der Waals surface area contributed by atoms with Gasteiger partial charge in [0.05, 0.1) is 11.4 Å². The minimum Gasteiger partial charge on any atom is -0.508 e. The van der Waals surface area contributed by atoms with Crippen LogP contribution in [0.3, 0.4) is 0 Å². The number of phenols is 2. The molecule has 4 atom stereocenters. The molecular weight excluding hydrogens is 763 g/mol. The van der Waals surface area contributed by atoms with Crippen molar-refractivity contribution in [1.29, 1.82) is 0 Å². The number of aromatic hydroxyl groups is 2. The van der Waals surface area contributed by atoms with Crippen molar-refractivity contribution in [2.75, 3.05) is 63.0 Å². The highest BCUT2D eigenvalue weighted by Crippen LogP contribution is 2.31. The quantitative estimate of drug-likeness (QED) is 0.0658. The van der Waals surface area contributed by atoms with Gasteiger partial charge in [0.1, 0.15) is 11.5 Å². The van der Waals surface area contributed by atoms with Gasteiger partial charge in [-0.1, -0.05) is 60.7 Å². The van der Waals surface area contributed by atoms with E-state index in [2.05, 4.69) is 96.5 Å². The van der Waals surface area contributed by atoms with Gasteiger partial charge in [0, 0.05) is 113 Å². The summed E-state index contributed by atoms with van der Waals surface area (Å²) in [6.45, 7) is 10.3. The van der Waals surface area contributed by atoms with Crippen LogP contribution in [0.25, 0.3) is 22.5 Å². The largest absolute Gasteiger partial charge is 0.508 e. The number of piperazine rings is 2. The summed E-state index contributed by atoms with van der Waals surface area (Å²) < 4.78 is 0. The average molecular weight is 820 g/mol. The average Bonchev–Trinajstić information content (AvgIpc) is 3.29. The lowest BCUT2D eigenvalue weighted by Gasteiger charge is -2.45. The van der Waals surface area contributed by atoms with Crippen LogP contribution in [-0.4, -0.2) is 110 Å². The maximum Gasteiger partial charge on any atom is 0.223 e. The number of benzene rings is 4. The summed E-state index contributed by atoms with van der Waals surface area (Å²) in [6.07, 6.45) is 4.35. The molecule has 0 amide bonds. The van der Waals surface area contributed by atoms with Gasteiger partial charge in [-0.05, 0) is 84.1 Å². The van der Waals surface area contributed by atoms with Gasteiger partial charge in [-0.2, -0.15) is 0 Å². The molecule has 13 nitrogen and oxygen atoms in total. The van der Waals surface area contributed by atoms with E-state index in [1.165, 1.54) is 11.1 Å². The van der Waals surface area contributed by atoms with Crippen molar-refractivity contribution in [1.82, 2.24) is 40.4 Å². The Morgan fingerprint density at radius 2 is 1.39 bits per heavy atom. The van der Waals surface area contributed by atoms with Crippen molar-refractivity contribution in [3.8, 4) is 34.0 Å². The Kier molecular flexibility index (Phi) is 13.7. The van der Waals surface area contributed by atoms with E-state index in [4.69, 9.17) is 15.7 Å². The third-order valence-electron chi connectivity index (χ3n) is 11.9. The molecule has 2 fully saturated rings. The van der Waals surface area contributed by atoms with E-state index in [9.17, 15) is 10.2 Å². The number of rotatable bonds is 16. The molecule has 3 unspecified atom stereocenters. The van der Waals surface area contributed by atoms with Gasteiger partial charge in [-0.25, -0.2) is 19.9 Å². The van der Waals surface area contributed by atoms with Gasteiger partial charge in [0.25, 0.3) is 0 Å². The zero-order chi connectivity index (χ0) is 42.0. The van der Waals surface area contributed by atoms with Crippen LogP contribution in [0, 0.1) is 0 Å². The molecule has 13 heteroatoms. The number of anilines is 2. The molecule has 8 N–H and O–H groups in total. The zero-order valence-electron chi connectivity index (χ0n) is 34.8. The molecule has 2 aliphatic heterocycles. The first-order chi connectivity index (χ1) is 29.9. The van der Waals surface area contributed by atoms with Crippen LogP contribution >= 0.6 is 0 Å². The van der Waals surface area contributed by atoms with Gasteiger partial charge < -0.3 is 37.2 Å². The van der Waals surface area contributed by atoms with Crippen LogP contribution in [0.15, 0.2) is 122 Å². The first kappa shape index (κ1) is 41.8. The maximum absolute atomic E-state index is 10.3. The van der Waals surface area contributed by atoms with Gasteiger partial charge in [-0.3, -0.25) is 9.80 Å². The van der Waals surface area contributed by atoms with E-state index in [0.717, 1.165) is 85.9 Å². The summed E-state index contributed by atoms with van der Waals surface area (Å²) in [6, 6.07) is 36.8. The van der Waals surface area contributed by atoms with Crippen LogP contribution in [-0.2, 0) is 19.5 Å². The highest BCUT2D eigenvalue weighted by Gasteiger charge is 2.35. The molecule has 0 saturated carbocycles. The summed E-state index contributed by atoms with van der Waals surface area (Å²) >= 11 is 0. The number of nitrogens with one attached hydrogen (secondary N) is 4. The Hall–Kier alpha value is -5.96. The van der Waals surface area contributed by atoms with Crippen LogP contribution < -0.4 is 27.0 Å². The molecule has 0 bridgehead atoms. The van der Waals surface area contributed by atoms with Crippen molar-refractivity contribution in [2.45, 2.75) is 50.5 Å². The minimum atomic E-state index is 0.0412. The summed E-state index contributed by atoms with van der Waals surface area (Å²) in [5, 5.41) is 34.2. The lowest BCUT2D eigenvalue weighted by atomic mass is 9.87. The second-order valence-corrected chi connectivity index (χ2v) is 16.2. The number of nitrogens with zero attached hydrogens (tertiary/aromatic N) is 6. The van der Waals surface area contributed by atoms with Crippen molar-refractivity contribution in [3.63, 3.8) is 0 Å². The molecule has 2 saturated heterocycles. The van der Waals surface area contributed by atoms with E-state index in [-0.39, 0.29) is 29.5 Å². The fourth-order valence-electron chi connectivity index (χ4n) is 8.63. The number of hydrogen-bond acceptors (Lipinski definition) is 13. The van der Waals surface area contributed by atoms with E-state index < -0.39 is 0 Å². The first-order valence-electron chi connectivity index (χ1n) is 21.4. The molecule has 4 heterocycles. The van der Waals surface area contributed by atoms with E-state index in [1.54, 1.807) is 30.5 Å². The number of nitrogens with two attached hydrogens (primary N) is 1. The van der Waals surface area contributed by atoms with E-state index >= 15 is 0 Å². The smallest absolute Gasteiger partial charge is 0.223 e. The Balaban J connectivity index is 0.978. The Morgan fingerprint density at radius 3 is 2.10 bits per heavy atom. The monoisotopic (exact) mass is 819 g/mol. The summed E-state index contributed by atoms with van der Waals surface area (Å²) in [7, 11) is 0. The SMILES string of the molecule is C[C@H]1CNCC(C(CNc2nccc(-c3cccc(CN4CCNCC4CN)c3)n2)c2ccc(O)cc2)N1Cc1cccc(-c2ccnc(NCCc3cccc(O)c3)n2)c1. The fraction of sp³-hybridized carbons (Fsp3) is 0.333. The van der Waals surface area contributed by atoms with Crippen LogP contribution in [0.4, 0.5) is 11.9 Å². The summed E-state index contributed by atoms with van der Waals surface area (Å²) in [4.78, 5) is 24.0. The maximum atomic E-state index is 10.3. The molecule has 2 aromatic heterocycles. The molecule has 2 aliphatic rings. The zero-order valence-corrected chi connectivity index (χ0v) is 34.8. The third kappa shape index (κ3) is 10.9. The van der Waals surface area contributed by atoms with Gasteiger partial charge in [0.2, 0.25) is 11.9 Å². The van der Waals surface area contributed by atoms with Crippen molar-refractivity contribution >= 4 is 11.9 Å². The Morgan fingerprint density at radius 1 is 0.721 bits per heavy atom. The highest BCUT2D eigenvalue weighted by atomic mass is 16.3. The first-order valence-corrected chi connectivity index (χ1v) is 21.4. The van der Waals surface area contributed by atoms with Crippen LogP contribution in [0.2, 0.25) is 0 Å². The predicted molar refractivity (Wildman–Crippen MR) is 242 cm³/mol. The van der Waals surface area contributed by atoms with Gasteiger partial charge in [0.15, 0.2) is 0 Å². The second kappa shape index (κ2) is 20.1. The van der Waals surface area contributed by atoms with Gasteiger partial charge >= 0.3 is 0 Å². The number of aromatic nitrogens is 4. The molecule has 6 aromatic rings. The lowest BCUT2D eigenvalue weighted by Crippen LogP contribution is -2.58. The predicted octanol–water partition coefficient (Wildman–Crippen LogP) is 5.46. The highest BCUT2D eigenvalue weighted by molar-refractivity contribution is 5.62. The van der Waals surface area contributed by atoms with Crippen LogP contribution in [0.5, 0.6) is 11.5 Å². The van der Waals surface area contributed by atoms with E-state index in [0.29, 0.717) is 37.6 Å². The fourth-order valence-corrected chi connectivity index (χ4v) is 8.63. The van der Waals surface area contributed by atoms with Crippen molar-refractivity contribution < 1.29 is 10.2 Å². The second-order valence-electron chi connectivity index (χ2n) is 16.2. The lowest BCUT2D eigenvalue weighted by molar-refractivity contribution is 0.0823. The van der Waals surface area contributed by atoms with E-state index in [1.807, 2.05) is 42.6 Å². The molecule has 0 radical (unpaired) electrons. The normalized spacial score (nSPS) is 19.0. The van der Waals surface area contributed by atoms with Crippen molar-refractivity contribution in [2.24, 2.45) is 5.73 Å².